The molecule has 0 N–H and O–H groups in total. The van der Waals surface area contributed by atoms with Crippen molar-refractivity contribution < 1.29 is 0 Å². The first-order chi connectivity index (χ1) is 14.8. The Bertz CT molecular complexity index is 753. The van der Waals surface area contributed by atoms with Crippen LogP contribution < -0.4 is 0 Å². The third kappa shape index (κ3) is 10.9. The molecular weight excluding hydrogens is 400 g/mol. The van der Waals surface area contributed by atoms with Crippen molar-refractivity contribution in [3.8, 4) is 23.7 Å². The molecule has 0 unspecified atom stereocenters. The first-order valence-electron chi connectivity index (χ1n) is 11.3. The van der Waals surface area contributed by atoms with Gasteiger partial charge in [0.15, 0.2) is 0 Å². The molecule has 30 heavy (non-hydrogen) atoms. The lowest BCUT2D eigenvalue weighted by Gasteiger charge is -2.01. The van der Waals surface area contributed by atoms with Gasteiger partial charge < -0.3 is 0 Å². The van der Waals surface area contributed by atoms with E-state index in [-0.39, 0.29) is 0 Å². The molecule has 0 aliphatic heterocycles. The molecule has 0 nitrogen and oxygen atoms in total. The van der Waals surface area contributed by atoms with Gasteiger partial charge in [-0.3, -0.25) is 0 Å². The van der Waals surface area contributed by atoms with E-state index < -0.39 is 0 Å². The molecular formula is C28H34S2. The van der Waals surface area contributed by atoms with Gasteiger partial charge in [0.25, 0.3) is 0 Å². The van der Waals surface area contributed by atoms with Crippen LogP contribution in [0.15, 0.2) is 58.3 Å². The number of benzene rings is 2. The van der Waals surface area contributed by atoms with E-state index in [4.69, 9.17) is 0 Å². The van der Waals surface area contributed by atoms with Gasteiger partial charge in [0.05, 0.1) is 0 Å². The van der Waals surface area contributed by atoms with Crippen molar-refractivity contribution in [2.75, 3.05) is 11.5 Å². The zero-order chi connectivity index (χ0) is 21.3. The lowest BCUT2D eigenvalue weighted by Crippen LogP contribution is -1.82. The molecule has 2 heteroatoms. The van der Waals surface area contributed by atoms with Crippen molar-refractivity contribution in [3.05, 3.63) is 59.7 Å². The van der Waals surface area contributed by atoms with Crippen LogP contribution in [-0.4, -0.2) is 11.5 Å². The molecule has 0 bridgehead atoms. The van der Waals surface area contributed by atoms with Crippen LogP contribution in [0.4, 0.5) is 0 Å². The van der Waals surface area contributed by atoms with Crippen molar-refractivity contribution in [1.29, 1.82) is 0 Å². The molecule has 0 spiro atoms. The van der Waals surface area contributed by atoms with E-state index in [0.29, 0.717) is 0 Å². The van der Waals surface area contributed by atoms with Crippen LogP contribution in [0.5, 0.6) is 0 Å². The second kappa shape index (κ2) is 16.0. The fourth-order valence-corrected chi connectivity index (χ4v) is 4.74. The van der Waals surface area contributed by atoms with Crippen LogP contribution in [0.1, 0.15) is 76.3 Å². The molecule has 0 fully saturated rings. The number of rotatable bonds is 12. The summed E-state index contributed by atoms with van der Waals surface area (Å²) in [4.78, 5) is 2.65. The van der Waals surface area contributed by atoms with Gasteiger partial charge in [0, 0.05) is 20.9 Å². The topological polar surface area (TPSA) is 0 Å². The second-order valence-electron chi connectivity index (χ2n) is 7.37. The van der Waals surface area contributed by atoms with Gasteiger partial charge in [-0.1, -0.05) is 64.2 Å². The largest absolute Gasteiger partial charge is 0.126 e. The predicted molar refractivity (Wildman–Crippen MR) is 136 cm³/mol. The number of unbranched alkanes of at least 4 members (excludes halogenated alkanes) is 6. The molecule has 0 radical (unpaired) electrons. The highest BCUT2D eigenvalue weighted by molar-refractivity contribution is 7.99. The van der Waals surface area contributed by atoms with Crippen LogP contribution >= 0.6 is 23.5 Å². The van der Waals surface area contributed by atoms with E-state index >= 15 is 0 Å². The van der Waals surface area contributed by atoms with E-state index in [2.05, 4.69) is 86.1 Å². The van der Waals surface area contributed by atoms with Crippen LogP contribution in [0.2, 0.25) is 0 Å². The van der Waals surface area contributed by atoms with Crippen LogP contribution in [0.3, 0.4) is 0 Å². The molecule has 0 heterocycles. The van der Waals surface area contributed by atoms with Crippen molar-refractivity contribution >= 4 is 23.5 Å². The molecule has 0 aliphatic carbocycles. The van der Waals surface area contributed by atoms with E-state index in [1.807, 2.05) is 23.5 Å². The van der Waals surface area contributed by atoms with Crippen LogP contribution in [0, 0.1) is 23.7 Å². The lowest BCUT2D eigenvalue weighted by molar-refractivity contribution is 0.706. The minimum absolute atomic E-state index is 1.02. The number of thioether (sulfide) groups is 2. The fraction of sp³-hybridized carbons (Fsp3) is 0.429. The molecule has 0 atom stereocenters. The zero-order valence-electron chi connectivity index (χ0n) is 18.5. The number of hydrogen-bond donors (Lipinski definition) is 0. The lowest BCUT2D eigenvalue weighted by atomic mass is 10.2. The quantitative estimate of drug-likeness (QED) is 0.187. The molecule has 2 rings (SSSR count). The monoisotopic (exact) mass is 434 g/mol. The molecule has 2 aromatic rings. The van der Waals surface area contributed by atoms with E-state index in [1.54, 1.807) is 0 Å². The summed E-state index contributed by atoms with van der Waals surface area (Å²) in [6, 6.07) is 17.0. The summed E-state index contributed by atoms with van der Waals surface area (Å²) in [5.41, 5.74) is 2.05. The Hall–Kier alpha value is -1.74. The molecule has 0 saturated carbocycles. The second-order valence-corrected chi connectivity index (χ2v) is 9.70. The molecule has 0 aromatic heterocycles. The Morgan fingerprint density at radius 3 is 1.30 bits per heavy atom. The third-order valence-corrected chi connectivity index (χ3v) is 6.91. The Morgan fingerprint density at radius 2 is 0.933 bits per heavy atom. The van der Waals surface area contributed by atoms with Gasteiger partial charge >= 0.3 is 0 Å². The molecule has 0 aliphatic rings. The normalized spacial score (nSPS) is 10.1. The smallest absolute Gasteiger partial charge is 0.0256 e. The van der Waals surface area contributed by atoms with Crippen LogP contribution in [0.25, 0.3) is 0 Å². The van der Waals surface area contributed by atoms with E-state index in [9.17, 15) is 0 Å². The van der Waals surface area contributed by atoms with Gasteiger partial charge in [-0.15, -0.1) is 23.5 Å². The third-order valence-electron chi connectivity index (χ3n) is 4.72. The highest BCUT2D eigenvalue weighted by Crippen LogP contribution is 2.21. The van der Waals surface area contributed by atoms with E-state index in [1.165, 1.54) is 72.7 Å². The van der Waals surface area contributed by atoms with Crippen molar-refractivity contribution in [1.82, 2.24) is 0 Å². The van der Waals surface area contributed by atoms with Gasteiger partial charge in [-0.05, 0) is 84.7 Å². The molecule has 2 aromatic carbocycles. The Morgan fingerprint density at radius 1 is 0.533 bits per heavy atom. The van der Waals surface area contributed by atoms with Crippen molar-refractivity contribution in [2.24, 2.45) is 0 Å². The summed E-state index contributed by atoms with van der Waals surface area (Å²) in [7, 11) is 0. The summed E-state index contributed by atoms with van der Waals surface area (Å²) in [5.74, 6) is 14.7. The molecule has 0 amide bonds. The predicted octanol–water partition coefficient (Wildman–Crippen LogP) is 8.43. The zero-order valence-corrected chi connectivity index (χ0v) is 20.1. The maximum Gasteiger partial charge on any atom is 0.0256 e. The summed E-state index contributed by atoms with van der Waals surface area (Å²) >= 11 is 3.87. The van der Waals surface area contributed by atoms with Gasteiger partial charge in [-0.2, -0.15) is 0 Å². The average Bonchev–Trinajstić information content (AvgIpc) is 2.78. The first kappa shape index (κ1) is 24.5. The van der Waals surface area contributed by atoms with Gasteiger partial charge in [0.1, 0.15) is 0 Å². The number of hydrogen-bond acceptors (Lipinski definition) is 2. The Labute approximate surface area is 193 Å². The highest BCUT2D eigenvalue weighted by atomic mass is 32.2. The van der Waals surface area contributed by atoms with E-state index in [0.717, 1.165) is 11.1 Å². The summed E-state index contributed by atoms with van der Waals surface area (Å²) in [6.07, 6.45) is 10.6. The standard InChI is InChI=1S/C28H34S2/c1-3-5-7-11-23-29-27-19-15-25(16-20-27)13-9-10-14-26-17-21-28(22-18-26)30-24-12-8-6-4-2/h15-22H,3-8,11-12,23-24H2,1-2H3. The average molecular weight is 435 g/mol. The van der Waals surface area contributed by atoms with Gasteiger partial charge in [-0.25, -0.2) is 0 Å². The van der Waals surface area contributed by atoms with Crippen molar-refractivity contribution in [2.45, 2.75) is 75.0 Å². The molecule has 158 valence electrons. The highest BCUT2D eigenvalue weighted by Gasteiger charge is 1.96. The first-order valence-corrected chi connectivity index (χ1v) is 13.3. The molecule has 0 saturated heterocycles. The minimum atomic E-state index is 1.02. The minimum Gasteiger partial charge on any atom is -0.126 e. The summed E-state index contributed by atoms with van der Waals surface area (Å²) in [5, 5.41) is 0. The Balaban J connectivity index is 1.75. The van der Waals surface area contributed by atoms with Crippen molar-refractivity contribution in [3.63, 3.8) is 0 Å². The fourth-order valence-electron chi connectivity index (χ4n) is 2.91. The van der Waals surface area contributed by atoms with Gasteiger partial charge in [0.2, 0.25) is 0 Å². The van der Waals surface area contributed by atoms with Crippen LogP contribution in [-0.2, 0) is 0 Å². The summed E-state index contributed by atoms with van der Waals surface area (Å²) in [6.45, 7) is 4.51. The SMILES string of the molecule is CCCCCCSc1ccc(C#CC#Cc2ccc(SCCCCCC)cc2)cc1. The maximum atomic E-state index is 3.15. The maximum absolute atomic E-state index is 3.15. The summed E-state index contributed by atoms with van der Waals surface area (Å²) < 4.78 is 0. The Kier molecular flexibility index (Phi) is 13.1.